The minimum Gasteiger partial charge on any atom is -0.394 e. The minimum absolute atomic E-state index is 0.0511. The maximum absolute atomic E-state index is 13.6. The number of hydrogen-bond donors (Lipinski definition) is 1. The van der Waals surface area contributed by atoms with Crippen LogP contribution >= 0.6 is 0 Å². The van der Waals surface area contributed by atoms with Crippen LogP contribution in [0.5, 0.6) is 0 Å². The number of halogens is 2. The van der Waals surface area contributed by atoms with Crippen molar-refractivity contribution >= 4 is 15.7 Å². The van der Waals surface area contributed by atoms with Crippen LogP contribution in [0.4, 0.5) is 14.5 Å². The molecule has 1 aromatic rings. The van der Waals surface area contributed by atoms with Crippen molar-refractivity contribution in [2.24, 2.45) is 0 Å². The van der Waals surface area contributed by atoms with E-state index in [1.807, 2.05) is 0 Å². The Kier molecular flexibility index (Phi) is 4.60. The first kappa shape index (κ1) is 14.8. The van der Waals surface area contributed by atoms with Gasteiger partial charge in [0, 0.05) is 20.7 Å². The van der Waals surface area contributed by atoms with Crippen LogP contribution in [0.1, 0.15) is 0 Å². The number of benzene rings is 1. The molecule has 0 aromatic heterocycles. The predicted molar refractivity (Wildman–Crippen MR) is 62.5 cm³/mol. The summed E-state index contributed by atoms with van der Waals surface area (Å²) in [5.41, 5.74) is 4.31. The van der Waals surface area contributed by atoms with Crippen LogP contribution in [0.15, 0.2) is 17.0 Å². The highest BCUT2D eigenvalue weighted by molar-refractivity contribution is 7.89. The second-order valence-corrected chi connectivity index (χ2v) is 5.61. The summed E-state index contributed by atoms with van der Waals surface area (Å²) in [7, 11) is -1.36. The predicted octanol–water partition coefficient (Wildman–Crippen LogP) is 0.814. The first-order valence-electron chi connectivity index (χ1n) is 5.01. The van der Waals surface area contributed by atoms with Gasteiger partial charge in [-0.05, 0) is 12.1 Å². The average molecular weight is 280 g/mol. The lowest BCUT2D eigenvalue weighted by atomic mass is 10.3. The van der Waals surface area contributed by atoms with Crippen LogP contribution in [0, 0.1) is 11.6 Å². The van der Waals surface area contributed by atoms with E-state index < -0.39 is 32.2 Å². The van der Waals surface area contributed by atoms with E-state index in [1.54, 1.807) is 0 Å². The molecule has 1 rings (SSSR count). The van der Waals surface area contributed by atoms with Gasteiger partial charge in [0.05, 0.1) is 6.61 Å². The lowest BCUT2D eigenvalue weighted by Crippen LogP contribution is -2.31. The maximum atomic E-state index is 13.6. The molecule has 0 saturated heterocycles. The van der Waals surface area contributed by atoms with Gasteiger partial charge in [0.25, 0.3) is 0 Å². The first-order chi connectivity index (χ1) is 8.32. The summed E-state index contributed by atoms with van der Waals surface area (Å²) in [4.78, 5) is -0.653. The molecule has 0 aliphatic rings. The number of nitrogens with two attached hydrogens (primary N) is 1. The fourth-order valence-corrected chi connectivity index (χ4v) is 2.48. The van der Waals surface area contributed by atoms with Crippen molar-refractivity contribution in [3.8, 4) is 0 Å². The van der Waals surface area contributed by atoms with Crippen molar-refractivity contribution < 1.29 is 21.9 Å². The molecule has 0 bridgehead atoms. The zero-order valence-corrected chi connectivity index (χ0v) is 10.8. The molecular formula is C10H14F2N2O3S. The van der Waals surface area contributed by atoms with Crippen LogP contribution < -0.4 is 5.73 Å². The molecule has 0 atom stereocenters. The van der Waals surface area contributed by atoms with Crippen molar-refractivity contribution in [3.05, 3.63) is 23.8 Å². The van der Waals surface area contributed by atoms with Crippen LogP contribution in [-0.4, -0.2) is 40.0 Å². The lowest BCUT2D eigenvalue weighted by molar-refractivity contribution is 0.185. The van der Waals surface area contributed by atoms with Crippen LogP contribution in [-0.2, 0) is 14.8 Å². The van der Waals surface area contributed by atoms with Gasteiger partial charge in [-0.1, -0.05) is 0 Å². The van der Waals surface area contributed by atoms with E-state index >= 15 is 0 Å². The molecule has 0 spiro atoms. The second-order valence-electron chi connectivity index (χ2n) is 3.59. The van der Waals surface area contributed by atoms with Gasteiger partial charge < -0.3 is 10.5 Å². The molecule has 18 heavy (non-hydrogen) atoms. The first-order valence-corrected chi connectivity index (χ1v) is 6.45. The summed E-state index contributed by atoms with van der Waals surface area (Å²) in [6.45, 7) is 0.212. The highest BCUT2D eigenvalue weighted by atomic mass is 32.2. The highest BCUT2D eigenvalue weighted by Gasteiger charge is 2.26. The molecule has 0 aliphatic heterocycles. The van der Waals surface area contributed by atoms with Crippen LogP contribution in [0.3, 0.4) is 0 Å². The normalized spacial score (nSPS) is 12.1. The zero-order chi connectivity index (χ0) is 13.9. The molecule has 102 valence electrons. The zero-order valence-electron chi connectivity index (χ0n) is 9.98. The van der Waals surface area contributed by atoms with Crippen molar-refractivity contribution in [1.82, 2.24) is 4.31 Å². The average Bonchev–Trinajstić information content (AvgIpc) is 2.32. The standard InChI is InChI=1S/C10H14F2N2O3S/c1-14(5-6-17-2)18(15,16)8-4-3-7(11)10(13)9(8)12/h3-4H,5-6,13H2,1-2H3. The summed E-state index contributed by atoms with van der Waals surface area (Å²) in [6.07, 6.45) is 0. The fourth-order valence-electron chi connectivity index (χ4n) is 1.26. The van der Waals surface area contributed by atoms with E-state index in [1.165, 1.54) is 14.2 Å². The van der Waals surface area contributed by atoms with Crippen LogP contribution in [0.25, 0.3) is 0 Å². The van der Waals surface area contributed by atoms with Gasteiger partial charge in [-0.2, -0.15) is 4.31 Å². The van der Waals surface area contributed by atoms with E-state index in [4.69, 9.17) is 10.5 Å². The Morgan fingerprint density at radius 2 is 2.00 bits per heavy atom. The van der Waals surface area contributed by atoms with Gasteiger partial charge in [0.1, 0.15) is 16.4 Å². The second kappa shape index (κ2) is 5.59. The van der Waals surface area contributed by atoms with E-state index in [9.17, 15) is 17.2 Å². The molecular weight excluding hydrogens is 266 g/mol. The number of anilines is 1. The third-order valence-corrected chi connectivity index (χ3v) is 4.26. The van der Waals surface area contributed by atoms with Crippen molar-refractivity contribution in [2.45, 2.75) is 4.90 Å². The molecule has 0 heterocycles. The molecule has 1 aromatic carbocycles. The Morgan fingerprint density at radius 3 is 2.56 bits per heavy atom. The van der Waals surface area contributed by atoms with E-state index in [0.717, 1.165) is 16.4 Å². The third kappa shape index (κ3) is 2.77. The smallest absolute Gasteiger partial charge is 0.245 e. The molecule has 5 nitrogen and oxygen atoms in total. The van der Waals surface area contributed by atoms with E-state index in [-0.39, 0.29) is 13.2 Å². The van der Waals surface area contributed by atoms with Crippen LogP contribution in [0.2, 0.25) is 0 Å². The number of hydrogen-bond acceptors (Lipinski definition) is 4. The SMILES string of the molecule is COCCN(C)S(=O)(=O)c1ccc(F)c(N)c1F. The van der Waals surface area contributed by atoms with Gasteiger partial charge >= 0.3 is 0 Å². The van der Waals surface area contributed by atoms with Crippen molar-refractivity contribution in [1.29, 1.82) is 0 Å². The van der Waals surface area contributed by atoms with Crippen molar-refractivity contribution in [3.63, 3.8) is 0 Å². The van der Waals surface area contributed by atoms with Gasteiger partial charge in [-0.15, -0.1) is 0 Å². The number of sulfonamides is 1. The summed E-state index contributed by atoms with van der Waals surface area (Å²) in [5.74, 6) is -2.27. The summed E-state index contributed by atoms with van der Waals surface area (Å²) < 4.78 is 56.2. The third-order valence-electron chi connectivity index (χ3n) is 2.39. The van der Waals surface area contributed by atoms with Gasteiger partial charge in [0.15, 0.2) is 5.82 Å². The number of ether oxygens (including phenoxy) is 1. The fraction of sp³-hybridized carbons (Fsp3) is 0.400. The van der Waals surface area contributed by atoms with Gasteiger partial charge in [-0.25, -0.2) is 17.2 Å². The summed E-state index contributed by atoms with van der Waals surface area (Å²) in [6, 6.07) is 1.66. The Bertz CT molecular complexity index is 534. The number of nitrogen functional groups attached to an aromatic ring is 1. The summed E-state index contributed by atoms with van der Waals surface area (Å²) in [5, 5.41) is 0. The Balaban J connectivity index is 3.17. The number of methoxy groups -OCH3 is 1. The largest absolute Gasteiger partial charge is 0.394 e. The molecule has 0 amide bonds. The minimum atomic E-state index is -4.05. The number of likely N-dealkylation sites (N-methyl/N-ethyl adjacent to an activating group) is 1. The Labute approximate surface area is 104 Å². The van der Waals surface area contributed by atoms with Gasteiger partial charge in [-0.3, -0.25) is 0 Å². The molecule has 0 aliphatic carbocycles. The molecule has 0 saturated carbocycles. The Hall–Kier alpha value is -1.25. The monoisotopic (exact) mass is 280 g/mol. The van der Waals surface area contributed by atoms with E-state index in [2.05, 4.69) is 0 Å². The number of nitrogens with zero attached hydrogens (tertiary/aromatic N) is 1. The topological polar surface area (TPSA) is 72.6 Å². The van der Waals surface area contributed by atoms with Gasteiger partial charge in [0.2, 0.25) is 10.0 Å². The number of rotatable bonds is 5. The Morgan fingerprint density at radius 1 is 1.39 bits per heavy atom. The van der Waals surface area contributed by atoms with Crippen molar-refractivity contribution in [2.75, 3.05) is 33.0 Å². The van der Waals surface area contributed by atoms with E-state index in [0.29, 0.717) is 0 Å². The molecule has 8 heteroatoms. The summed E-state index contributed by atoms with van der Waals surface area (Å²) >= 11 is 0. The molecule has 0 radical (unpaired) electrons. The molecule has 2 N–H and O–H groups in total. The molecule has 0 fully saturated rings. The highest BCUT2D eigenvalue weighted by Crippen LogP contribution is 2.24. The maximum Gasteiger partial charge on any atom is 0.245 e. The quantitative estimate of drug-likeness (QED) is 0.810. The molecule has 0 unspecified atom stereocenters. The lowest BCUT2D eigenvalue weighted by Gasteiger charge is -2.17.